The number of nitriles is 1. The van der Waals surface area contributed by atoms with Crippen molar-refractivity contribution in [2.45, 2.75) is 19.8 Å². The highest BCUT2D eigenvalue weighted by atomic mass is 16.4. The van der Waals surface area contributed by atoms with Crippen LogP contribution in [-0.4, -0.2) is 15.8 Å². The zero-order valence-electron chi connectivity index (χ0n) is 10.8. The van der Waals surface area contributed by atoms with Crippen molar-refractivity contribution in [3.05, 3.63) is 40.9 Å². The molecule has 100 valence electrons. The summed E-state index contributed by atoms with van der Waals surface area (Å²) in [6.07, 6.45) is 1.48. The topological polar surface area (TPSA) is 94.4 Å². The molecule has 6 heteroatoms. The van der Waals surface area contributed by atoms with Gasteiger partial charge in [-0.25, -0.2) is 10.4 Å². The predicted molar refractivity (Wildman–Crippen MR) is 72.5 cm³/mol. The number of hydrazone groups is 1. The molecule has 0 saturated carbocycles. The quantitative estimate of drug-likeness (QED) is 0.815. The Morgan fingerprint density at radius 1 is 1.45 bits per heavy atom. The Morgan fingerprint density at radius 2 is 2.30 bits per heavy atom. The summed E-state index contributed by atoms with van der Waals surface area (Å²) in [6, 6.07) is 7.31. The number of aryl methyl sites for hydroxylation is 1. The zero-order valence-corrected chi connectivity index (χ0v) is 10.8. The number of phenolic OH excluding ortho intramolecular Hbond substituents is 1. The van der Waals surface area contributed by atoms with E-state index in [1.165, 1.54) is 0 Å². The maximum Gasteiger partial charge on any atom is 0.252 e. The molecule has 0 unspecified atom stereocenters. The van der Waals surface area contributed by atoms with Crippen molar-refractivity contribution in [2.75, 3.05) is 5.43 Å². The second-order valence-corrected chi connectivity index (χ2v) is 4.50. The SMILES string of the molecule is Cc1nc(C#N)c(NN=C2CCc3c(O)cccc32)o1. The van der Waals surface area contributed by atoms with E-state index < -0.39 is 0 Å². The zero-order chi connectivity index (χ0) is 14.1. The van der Waals surface area contributed by atoms with Gasteiger partial charge in [0.05, 0.1) is 5.71 Å². The number of aromatic hydroxyl groups is 1. The molecule has 0 fully saturated rings. The number of fused-ring (bicyclic) bond motifs is 1. The Hall–Kier alpha value is -2.81. The number of anilines is 1. The molecule has 2 aromatic rings. The molecule has 1 aliphatic rings. The van der Waals surface area contributed by atoms with Crippen LogP contribution >= 0.6 is 0 Å². The van der Waals surface area contributed by atoms with Gasteiger partial charge in [0.25, 0.3) is 5.88 Å². The first-order valence-electron chi connectivity index (χ1n) is 6.20. The van der Waals surface area contributed by atoms with E-state index >= 15 is 0 Å². The molecule has 20 heavy (non-hydrogen) atoms. The van der Waals surface area contributed by atoms with Crippen LogP contribution < -0.4 is 5.43 Å². The van der Waals surface area contributed by atoms with Gasteiger partial charge in [-0.3, -0.25) is 0 Å². The fourth-order valence-corrected chi connectivity index (χ4v) is 2.30. The van der Waals surface area contributed by atoms with Crippen molar-refractivity contribution in [1.29, 1.82) is 5.26 Å². The summed E-state index contributed by atoms with van der Waals surface area (Å²) in [5.74, 6) is 0.945. The minimum absolute atomic E-state index is 0.181. The third-order valence-electron chi connectivity index (χ3n) is 3.21. The number of benzene rings is 1. The van der Waals surface area contributed by atoms with Crippen LogP contribution in [0.25, 0.3) is 0 Å². The molecule has 1 aliphatic carbocycles. The van der Waals surface area contributed by atoms with Gasteiger partial charge in [0.15, 0.2) is 5.89 Å². The van der Waals surface area contributed by atoms with Crippen LogP contribution in [0.1, 0.15) is 29.1 Å². The standard InChI is InChI=1S/C14H12N4O2/c1-8-16-12(7-15)14(20-8)18-17-11-6-5-10-9(11)3-2-4-13(10)19/h2-4,18-19H,5-6H2,1H3. The van der Waals surface area contributed by atoms with E-state index in [1.54, 1.807) is 19.1 Å². The average molecular weight is 268 g/mol. The first-order chi connectivity index (χ1) is 9.69. The van der Waals surface area contributed by atoms with E-state index in [0.29, 0.717) is 11.6 Å². The van der Waals surface area contributed by atoms with Gasteiger partial charge in [-0.2, -0.15) is 10.4 Å². The fraction of sp³-hybridized carbons (Fsp3) is 0.214. The van der Waals surface area contributed by atoms with Gasteiger partial charge in [-0.05, 0) is 18.9 Å². The van der Waals surface area contributed by atoms with E-state index in [9.17, 15) is 5.11 Å². The van der Waals surface area contributed by atoms with Crippen molar-refractivity contribution >= 4 is 11.6 Å². The van der Waals surface area contributed by atoms with Crippen LogP contribution in [0.4, 0.5) is 5.88 Å². The lowest BCUT2D eigenvalue weighted by Gasteiger charge is -2.02. The van der Waals surface area contributed by atoms with Crippen LogP contribution in [0.3, 0.4) is 0 Å². The summed E-state index contributed by atoms with van der Waals surface area (Å²) in [5.41, 5.74) is 5.58. The van der Waals surface area contributed by atoms with Gasteiger partial charge in [0, 0.05) is 18.1 Å². The second-order valence-electron chi connectivity index (χ2n) is 4.50. The van der Waals surface area contributed by atoms with Crippen LogP contribution in [0.15, 0.2) is 27.7 Å². The van der Waals surface area contributed by atoms with Crippen molar-refractivity contribution < 1.29 is 9.52 Å². The monoisotopic (exact) mass is 268 g/mol. The third-order valence-corrected chi connectivity index (χ3v) is 3.21. The Kier molecular flexibility index (Phi) is 2.88. The fourth-order valence-electron chi connectivity index (χ4n) is 2.30. The van der Waals surface area contributed by atoms with E-state index in [4.69, 9.17) is 9.68 Å². The third kappa shape index (κ3) is 1.99. The molecule has 0 aliphatic heterocycles. The Morgan fingerprint density at radius 3 is 3.10 bits per heavy atom. The number of nitrogens with zero attached hydrogens (tertiary/aromatic N) is 3. The molecule has 2 N–H and O–H groups in total. The summed E-state index contributed by atoms with van der Waals surface area (Å²) >= 11 is 0. The maximum atomic E-state index is 9.77. The number of hydrogen-bond donors (Lipinski definition) is 2. The minimum atomic E-state index is 0.181. The van der Waals surface area contributed by atoms with E-state index in [1.807, 2.05) is 12.1 Å². The molecule has 0 saturated heterocycles. The normalized spacial score (nSPS) is 15.1. The highest BCUT2D eigenvalue weighted by molar-refractivity contribution is 6.05. The Labute approximate surface area is 115 Å². The first kappa shape index (κ1) is 12.2. The predicted octanol–water partition coefficient (Wildman–Crippen LogP) is 2.32. The van der Waals surface area contributed by atoms with Gasteiger partial charge in [0.2, 0.25) is 5.69 Å². The summed E-state index contributed by atoms with van der Waals surface area (Å²) in [6.45, 7) is 1.67. The van der Waals surface area contributed by atoms with Crippen LogP contribution in [0.5, 0.6) is 5.75 Å². The number of oxazole rings is 1. The second kappa shape index (κ2) is 4.70. The molecule has 0 bridgehead atoms. The molecule has 1 aromatic carbocycles. The smallest absolute Gasteiger partial charge is 0.252 e. The number of phenols is 1. The van der Waals surface area contributed by atoms with Crippen LogP contribution in [-0.2, 0) is 6.42 Å². The van der Waals surface area contributed by atoms with Crippen molar-refractivity contribution in [3.63, 3.8) is 0 Å². The van der Waals surface area contributed by atoms with Gasteiger partial charge in [-0.1, -0.05) is 12.1 Å². The molecule has 3 rings (SSSR count). The molecule has 0 spiro atoms. The van der Waals surface area contributed by atoms with Crippen LogP contribution in [0, 0.1) is 18.3 Å². The summed E-state index contributed by atoms with van der Waals surface area (Å²) < 4.78 is 5.28. The number of nitrogens with one attached hydrogen (secondary N) is 1. The lowest BCUT2D eigenvalue weighted by Crippen LogP contribution is -2.00. The highest BCUT2D eigenvalue weighted by Crippen LogP contribution is 2.30. The Bertz CT molecular complexity index is 740. The molecule has 0 radical (unpaired) electrons. The van der Waals surface area contributed by atoms with Gasteiger partial charge < -0.3 is 9.52 Å². The highest BCUT2D eigenvalue weighted by Gasteiger charge is 2.21. The molecule has 1 heterocycles. The van der Waals surface area contributed by atoms with Crippen molar-refractivity contribution in [1.82, 2.24) is 4.98 Å². The van der Waals surface area contributed by atoms with Crippen molar-refractivity contribution in [2.24, 2.45) is 5.10 Å². The molecule has 6 nitrogen and oxygen atoms in total. The van der Waals surface area contributed by atoms with Gasteiger partial charge in [-0.15, -0.1) is 0 Å². The molecule has 0 amide bonds. The molecular weight excluding hydrogens is 256 g/mol. The van der Waals surface area contributed by atoms with E-state index in [0.717, 1.165) is 29.7 Å². The lowest BCUT2D eigenvalue weighted by atomic mass is 10.1. The van der Waals surface area contributed by atoms with Crippen molar-refractivity contribution in [3.8, 4) is 11.8 Å². The number of rotatable bonds is 2. The minimum Gasteiger partial charge on any atom is -0.508 e. The Balaban J connectivity index is 1.89. The largest absolute Gasteiger partial charge is 0.508 e. The first-order valence-corrected chi connectivity index (χ1v) is 6.20. The van der Waals surface area contributed by atoms with Gasteiger partial charge in [0.1, 0.15) is 11.8 Å². The van der Waals surface area contributed by atoms with Gasteiger partial charge >= 0.3 is 0 Å². The summed E-state index contributed by atoms with van der Waals surface area (Å²) in [4.78, 5) is 3.93. The molecule has 0 atom stereocenters. The number of hydrogen-bond acceptors (Lipinski definition) is 6. The maximum absolute atomic E-state index is 9.77. The summed E-state index contributed by atoms with van der Waals surface area (Å²) in [7, 11) is 0. The molecular formula is C14H12N4O2. The van der Waals surface area contributed by atoms with Crippen LogP contribution in [0.2, 0.25) is 0 Å². The van der Waals surface area contributed by atoms with E-state index in [2.05, 4.69) is 15.5 Å². The average Bonchev–Trinajstić information content (AvgIpc) is 3.00. The number of aromatic nitrogens is 1. The van der Waals surface area contributed by atoms with E-state index in [-0.39, 0.29) is 11.6 Å². The summed E-state index contributed by atoms with van der Waals surface area (Å²) in [5, 5.41) is 23.0. The molecule has 1 aromatic heterocycles. The lowest BCUT2D eigenvalue weighted by molar-refractivity contribution is 0.469.